The molecule has 2 heterocycles. The van der Waals surface area contributed by atoms with Gasteiger partial charge in [0.05, 0.1) is 10.4 Å². The topological polar surface area (TPSA) is 49.4 Å². The Morgan fingerprint density at radius 1 is 1.50 bits per heavy atom. The van der Waals surface area contributed by atoms with Crippen LogP contribution in [0.3, 0.4) is 0 Å². The molecule has 0 saturated carbocycles. The van der Waals surface area contributed by atoms with Crippen molar-refractivity contribution in [3.05, 3.63) is 21.3 Å². The van der Waals surface area contributed by atoms with Crippen LogP contribution in [0.4, 0.5) is 0 Å². The smallest absolute Gasteiger partial charge is 0.246 e. The van der Waals surface area contributed by atoms with Gasteiger partial charge in [0.25, 0.3) is 0 Å². The van der Waals surface area contributed by atoms with Gasteiger partial charge in [-0.1, -0.05) is 11.6 Å². The number of likely N-dealkylation sites (tertiary alicyclic amines) is 1. The molecule has 0 aromatic carbocycles. The van der Waals surface area contributed by atoms with Crippen LogP contribution in [0.5, 0.6) is 0 Å². The lowest BCUT2D eigenvalue weighted by molar-refractivity contribution is -0.148. The van der Waals surface area contributed by atoms with Crippen molar-refractivity contribution in [1.29, 1.82) is 0 Å². The van der Waals surface area contributed by atoms with Gasteiger partial charge in [0.1, 0.15) is 0 Å². The molecule has 1 aromatic heterocycles. The van der Waals surface area contributed by atoms with Crippen molar-refractivity contribution in [2.45, 2.75) is 31.8 Å². The van der Waals surface area contributed by atoms with Gasteiger partial charge in [0.2, 0.25) is 11.8 Å². The lowest BCUT2D eigenvalue weighted by atomic mass is 10.0. The van der Waals surface area contributed by atoms with E-state index in [1.807, 2.05) is 19.1 Å². The number of halogens is 1. The van der Waals surface area contributed by atoms with E-state index in [2.05, 4.69) is 5.32 Å². The van der Waals surface area contributed by atoms with Crippen molar-refractivity contribution < 1.29 is 9.59 Å². The number of piperidine rings is 1. The minimum absolute atomic E-state index is 0.0538. The highest BCUT2D eigenvalue weighted by molar-refractivity contribution is 7.16. The summed E-state index contributed by atoms with van der Waals surface area (Å²) in [6.45, 7) is 1.99. The first-order valence-electron chi connectivity index (χ1n) is 5.80. The Morgan fingerprint density at radius 2 is 2.22 bits per heavy atom. The molecule has 6 heteroatoms. The van der Waals surface area contributed by atoms with Crippen molar-refractivity contribution in [2.75, 3.05) is 7.05 Å². The quantitative estimate of drug-likeness (QED) is 0.867. The van der Waals surface area contributed by atoms with Gasteiger partial charge < -0.3 is 0 Å². The molecule has 4 nitrogen and oxygen atoms in total. The average Bonchev–Trinajstić information content (AvgIpc) is 2.77. The standard InChI is InChI=1S/C12H15ClN2O2S/c1-7(9-4-5-10(13)18-9)14-8-3-6-11(16)15(2)12(8)17/h4-5,7-8,14H,3,6H2,1-2H3. The Balaban J connectivity index is 2.01. The van der Waals surface area contributed by atoms with Crippen LogP contribution in [0, 0.1) is 0 Å². The van der Waals surface area contributed by atoms with Gasteiger partial charge in [-0.15, -0.1) is 11.3 Å². The summed E-state index contributed by atoms with van der Waals surface area (Å²) < 4.78 is 0.737. The summed E-state index contributed by atoms with van der Waals surface area (Å²) in [5.74, 6) is -0.259. The Labute approximate surface area is 115 Å². The minimum atomic E-state index is -0.288. The molecule has 1 fully saturated rings. The monoisotopic (exact) mass is 286 g/mol. The van der Waals surface area contributed by atoms with Gasteiger partial charge in [-0.05, 0) is 25.5 Å². The van der Waals surface area contributed by atoms with Crippen molar-refractivity contribution in [3.63, 3.8) is 0 Å². The second-order valence-electron chi connectivity index (χ2n) is 4.41. The number of hydrogen-bond acceptors (Lipinski definition) is 4. The molecule has 2 unspecified atom stereocenters. The second-order valence-corrected chi connectivity index (χ2v) is 6.16. The summed E-state index contributed by atoms with van der Waals surface area (Å²) in [6.07, 6.45) is 0.975. The SMILES string of the molecule is CC(NC1CCC(=O)N(C)C1=O)c1ccc(Cl)s1. The van der Waals surface area contributed by atoms with Gasteiger partial charge >= 0.3 is 0 Å². The first-order valence-corrected chi connectivity index (χ1v) is 7.00. The third-order valence-electron chi connectivity index (χ3n) is 3.12. The van der Waals surface area contributed by atoms with Crippen LogP contribution in [-0.2, 0) is 9.59 Å². The highest BCUT2D eigenvalue weighted by atomic mass is 35.5. The highest BCUT2D eigenvalue weighted by Crippen LogP contribution is 2.27. The van der Waals surface area contributed by atoms with Gasteiger partial charge in [-0.3, -0.25) is 19.8 Å². The summed E-state index contributed by atoms with van der Waals surface area (Å²) in [6, 6.07) is 3.56. The van der Waals surface area contributed by atoms with Crippen molar-refractivity contribution in [2.24, 2.45) is 0 Å². The first-order chi connectivity index (χ1) is 8.49. The van der Waals surface area contributed by atoms with Crippen LogP contribution in [-0.4, -0.2) is 29.8 Å². The fourth-order valence-corrected chi connectivity index (χ4v) is 3.09. The van der Waals surface area contributed by atoms with E-state index in [1.54, 1.807) is 0 Å². The van der Waals surface area contributed by atoms with E-state index in [0.29, 0.717) is 12.8 Å². The zero-order valence-corrected chi connectivity index (χ0v) is 11.8. The number of carbonyl (C=O) groups is 2. The number of nitrogens with zero attached hydrogens (tertiary/aromatic N) is 1. The number of nitrogens with one attached hydrogen (secondary N) is 1. The Morgan fingerprint density at radius 3 is 2.83 bits per heavy atom. The fraction of sp³-hybridized carbons (Fsp3) is 0.500. The molecule has 98 valence electrons. The fourth-order valence-electron chi connectivity index (χ4n) is 2.02. The normalized spacial score (nSPS) is 22.4. The maximum atomic E-state index is 11.9. The van der Waals surface area contributed by atoms with Crippen LogP contribution in [0.15, 0.2) is 12.1 Å². The summed E-state index contributed by atoms with van der Waals surface area (Å²) >= 11 is 7.39. The van der Waals surface area contributed by atoms with Crippen LogP contribution in [0.2, 0.25) is 4.34 Å². The molecular weight excluding hydrogens is 272 g/mol. The molecule has 18 heavy (non-hydrogen) atoms. The minimum Gasteiger partial charge on any atom is -0.298 e. The van der Waals surface area contributed by atoms with Crippen LogP contribution >= 0.6 is 22.9 Å². The number of rotatable bonds is 3. The number of imide groups is 1. The molecular formula is C12H15ClN2O2S. The van der Waals surface area contributed by atoms with Gasteiger partial charge in [0, 0.05) is 24.4 Å². The Kier molecular flexibility index (Phi) is 4.04. The molecule has 1 saturated heterocycles. The summed E-state index contributed by atoms with van der Waals surface area (Å²) in [4.78, 5) is 25.6. The summed E-state index contributed by atoms with van der Waals surface area (Å²) in [5, 5.41) is 3.26. The maximum Gasteiger partial charge on any atom is 0.246 e. The number of carbonyl (C=O) groups excluding carboxylic acids is 2. The highest BCUT2D eigenvalue weighted by Gasteiger charge is 2.32. The number of hydrogen-bond donors (Lipinski definition) is 1. The molecule has 0 spiro atoms. The molecule has 1 aliphatic heterocycles. The predicted octanol–water partition coefficient (Wildman–Crippen LogP) is 2.20. The van der Waals surface area contributed by atoms with Gasteiger partial charge in [-0.25, -0.2) is 0 Å². The summed E-state index contributed by atoms with van der Waals surface area (Å²) in [5.41, 5.74) is 0. The molecule has 1 aliphatic rings. The third kappa shape index (κ3) is 2.74. The van der Waals surface area contributed by atoms with E-state index in [9.17, 15) is 9.59 Å². The largest absolute Gasteiger partial charge is 0.298 e. The first kappa shape index (κ1) is 13.5. The third-order valence-corrected chi connectivity index (χ3v) is 4.54. The Bertz CT molecular complexity index is 474. The molecule has 0 aliphatic carbocycles. The van der Waals surface area contributed by atoms with Crippen molar-refractivity contribution in [1.82, 2.24) is 10.2 Å². The number of thiophene rings is 1. The lowest BCUT2D eigenvalue weighted by Crippen LogP contribution is -2.51. The maximum absolute atomic E-state index is 11.9. The Hall–Kier alpha value is -0.910. The zero-order chi connectivity index (χ0) is 13.3. The number of amides is 2. The molecule has 2 atom stereocenters. The lowest BCUT2D eigenvalue weighted by Gasteiger charge is -2.30. The molecule has 2 amide bonds. The van der Waals surface area contributed by atoms with E-state index in [-0.39, 0.29) is 23.9 Å². The molecule has 1 aromatic rings. The van der Waals surface area contributed by atoms with E-state index < -0.39 is 0 Å². The molecule has 2 rings (SSSR count). The summed E-state index contributed by atoms with van der Waals surface area (Å²) in [7, 11) is 1.53. The molecule has 0 radical (unpaired) electrons. The number of likely N-dealkylation sites (N-methyl/N-ethyl adjacent to an activating group) is 1. The van der Waals surface area contributed by atoms with E-state index >= 15 is 0 Å². The molecule has 1 N–H and O–H groups in total. The average molecular weight is 287 g/mol. The van der Waals surface area contributed by atoms with Crippen LogP contribution < -0.4 is 5.32 Å². The van der Waals surface area contributed by atoms with Gasteiger partial charge in [0.15, 0.2) is 0 Å². The van der Waals surface area contributed by atoms with Crippen molar-refractivity contribution >= 4 is 34.8 Å². The van der Waals surface area contributed by atoms with E-state index in [0.717, 1.165) is 9.21 Å². The van der Waals surface area contributed by atoms with E-state index in [1.165, 1.54) is 23.3 Å². The predicted molar refractivity (Wildman–Crippen MR) is 71.7 cm³/mol. The van der Waals surface area contributed by atoms with Crippen LogP contribution in [0.25, 0.3) is 0 Å². The van der Waals surface area contributed by atoms with Crippen molar-refractivity contribution in [3.8, 4) is 0 Å². The second kappa shape index (κ2) is 5.38. The zero-order valence-electron chi connectivity index (χ0n) is 10.3. The van der Waals surface area contributed by atoms with Crippen LogP contribution in [0.1, 0.15) is 30.7 Å². The molecule has 0 bridgehead atoms. The van der Waals surface area contributed by atoms with E-state index in [4.69, 9.17) is 11.6 Å². The van der Waals surface area contributed by atoms with Gasteiger partial charge in [-0.2, -0.15) is 0 Å².